The Labute approximate surface area is 155 Å². The van der Waals surface area contributed by atoms with Gasteiger partial charge >= 0.3 is 12.1 Å². The maximum atomic E-state index is 12.5. The number of benzene rings is 1. The lowest BCUT2D eigenvalue weighted by molar-refractivity contribution is -0.148. The van der Waals surface area contributed by atoms with Gasteiger partial charge in [0.15, 0.2) is 6.04 Å². The SMILES string of the molecule is CC.COCC(C(=O)OC)N(CC1CCN1)C(=O)OCc1ccccc1. The Hall–Kier alpha value is -2.12. The molecule has 0 bridgehead atoms. The molecule has 26 heavy (non-hydrogen) atoms. The Bertz CT molecular complexity index is 534. The largest absolute Gasteiger partial charge is 0.467 e. The first-order chi connectivity index (χ1) is 12.7. The van der Waals surface area contributed by atoms with Crippen LogP contribution in [0.3, 0.4) is 0 Å². The van der Waals surface area contributed by atoms with Crippen molar-refractivity contribution in [1.29, 1.82) is 0 Å². The van der Waals surface area contributed by atoms with Gasteiger partial charge in [-0.2, -0.15) is 0 Å². The second-order valence-corrected chi connectivity index (χ2v) is 5.63. The highest BCUT2D eigenvalue weighted by Crippen LogP contribution is 2.13. The van der Waals surface area contributed by atoms with Crippen LogP contribution in [0.15, 0.2) is 30.3 Å². The van der Waals surface area contributed by atoms with E-state index in [4.69, 9.17) is 14.2 Å². The lowest BCUT2D eigenvalue weighted by atomic mass is 10.1. The quantitative estimate of drug-likeness (QED) is 0.711. The molecule has 0 spiro atoms. The van der Waals surface area contributed by atoms with Gasteiger partial charge in [0.1, 0.15) is 6.61 Å². The zero-order valence-corrected chi connectivity index (χ0v) is 16.1. The second-order valence-electron chi connectivity index (χ2n) is 5.63. The number of rotatable bonds is 8. The summed E-state index contributed by atoms with van der Waals surface area (Å²) >= 11 is 0. The van der Waals surface area contributed by atoms with Crippen molar-refractivity contribution in [2.45, 2.75) is 39.0 Å². The van der Waals surface area contributed by atoms with Crippen LogP contribution < -0.4 is 5.32 Å². The third-order valence-electron chi connectivity index (χ3n) is 3.96. The molecule has 2 atom stereocenters. The molecular weight excluding hydrogens is 336 g/mol. The van der Waals surface area contributed by atoms with Crippen LogP contribution in [0.1, 0.15) is 25.8 Å². The molecule has 2 unspecified atom stereocenters. The van der Waals surface area contributed by atoms with Crippen molar-refractivity contribution in [3.8, 4) is 0 Å². The van der Waals surface area contributed by atoms with Crippen molar-refractivity contribution >= 4 is 12.1 Å². The Kier molecular flexibility index (Phi) is 10.3. The molecular formula is C19H30N2O5. The van der Waals surface area contributed by atoms with Crippen LogP contribution in [-0.2, 0) is 25.6 Å². The molecule has 146 valence electrons. The zero-order valence-electron chi connectivity index (χ0n) is 16.1. The molecule has 1 aliphatic heterocycles. The number of carbonyl (C=O) groups excluding carboxylic acids is 2. The van der Waals surface area contributed by atoms with E-state index >= 15 is 0 Å². The molecule has 1 aromatic carbocycles. The molecule has 0 radical (unpaired) electrons. The van der Waals surface area contributed by atoms with Crippen LogP contribution in [-0.4, -0.2) is 63.0 Å². The van der Waals surface area contributed by atoms with Crippen LogP contribution in [0, 0.1) is 0 Å². The summed E-state index contributed by atoms with van der Waals surface area (Å²) in [6.07, 6.45) is 0.392. The molecule has 1 N–H and O–H groups in total. The van der Waals surface area contributed by atoms with Crippen LogP contribution in [0.2, 0.25) is 0 Å². The summed E-state index contributed by atoms with van der Waals surface area (Å²) in [5.41, 5.74) is 0.883. The molecule has 1 saturated heterocycles. The standard InChI is InChI=1S/C17H24N2O5.C2H6/c1-22-12-15(16(20)23-2)19(10-14-8-9-18-14)17(21)24-11-13-6-4-3-5-7-13;1-2/h3-7,14-15,18H,8-12H2,1-2H3;1-2H3. The van der Waals surface area contributed by atoms with Crippen LogP contribution in [0.5, 0.6) is 0 Å². The van der Waals surface area contributed by atoms with Gasteiger partial charge in [-0.05, 0) is 18.5 Å². The highest BCUT2D eigenvalue weighted by Gasteiger charge is 2.34. The molecule has 0 saturated carbocycles. The first-order valence-corrected chi connectivity index (χ1v) is 8.93. The summed E-state index contributed by atoms with van der Waals surface area (Å²) in [5, 5.41) is 3.22. The third kappa shape index (κ3) is 6.65. The molecule has 7 nitrogen and oxygen atoms in total. The second kappa shape index (κ2) is 12.3. The fourth-order valence-corrected chi connectivity index (χ4v) is 2.45. The van der Waals surface area contributed by atoms with E-state index in [0.717, 1.165) is 18.5 Å². The van der Waals surface area contributed by atoms with E-state index in [2.05, 4.69) is 5.32 Å². The Balaban J connectivity index is 0.00000163. The van der Waals surface area contributed by atoms with Crippen molar-refractivity contribution in [1.82, 2.24) is 10.2 Å². The summed E-state index contributed by atoms with van der Waals surface area (Å²) < 4.78 is 15.3. The van der Waals surface area contributed by atoms with Gasteiger partial charge in [-0.15, -0.1) is 0 Å². The maximum Gasteiger partial charge on any atom is 0.410 e. The zero-order chi connectivity index (χ0) is 19.4. The monoisotopic (exact) mass is 366 g/mol. The van der Waals surface area contributed by atoms with Gasteiger partial charge in [-0.3, -0.25) is 4.90 Å². The molecule has 0 aromatic heterocycles. The molecule has 1 amide bonds. The summed E-state index contributed by atoms with van der Waals surface area (Å²) in [7, 11) is 2.77. The van der Waals surface area contributed by atoms with E-state index in [1.807, 2.05) is 44.2 Å². The van der Waals surface area contributed by atoms with Gasteiger partial charge < -0.3 is 19.5 Å². The molecule has 1 fully saturated rings. The van der Waals surface area contributed by atoms with E-state index in [0.29, 0.717) is 6.54 Å². The van der Waals surface area contributed by atoms with Gasteiger partial charge in [0, 0.05) is 19.7 Å². The summed E-state index contributed by atoms with van der Waals surface area (Å²) in [6.45, 7) is 5.48. The Morgan fingerprint density at radius 3 is 2.38 bits per heavy atom. The van der Waals surface area contributed by atoms with E-state index in [1.54, 1.807) is 0 Å². The van der Waals surface area contributed by atoms with E-state index in [1.165, 1.54) is 19.1 Å². The predicted octanol–water partition coefficient (Wildman–Crippen LogP) is 2.20. The average Bonchev–Trinajstić information content (AvgIpc) is 2.66. The van der Waals surface area contributed by atoms with Crippen LogP contribution >= 0.6 is 0 Å². The van der Waals surface area contributed by atoms with Gasteiger partial charge in [0.05, 0.1) is 13.7 Å². The van der Waals surface area contributed by atoms with Gasteiger partial charge in [0.2, 0.25) is 0 Å². The molecule has 7 heteroatoms. The molecule has 1 aliphatic rings. The van der Waals surface area contributed by atoms with Crippen molar-refractivity contribution in [3.05, 3.63) is 35.9 Å². The maximum absolute atomic E-state index is 12.5. The summed E-state index contributed by atoms with van der Waals surface area (Å²) in [6, 6.07) is 8.72. The molecule has 1 heterocycles. The minimum absolute atomic E-state index is 0.0554. The topological polar surface area (TPSA) is 77.1 Å². The van der Waals surface area contributed by atoms with Gasteiger partial charge in [-0.1, -0.05) is 44.2 Å². The number of ether oxygens (including phenoxy) is 3. The minimum Gasteiger partial charge on any atom is -0.467 e. The fraction of sp³-hybridized carbons (Fsp3) is 0.579. The Morgan fingerprint density at radius 2 is 1.88 bits per heavy atom. The first-order valence-electron chi connectivity index (χ1n) is 8.93. The fourth-order valence-electron chi connectivity index (χ4n) is 2.45. The summed E-state index contributed by atoms with van der Waals surface area (Å²) in [5.74, 6) is -0.521. The van der Waals surface area contributed by atoms with Crippen LogP contribution in [0.25, 0.3) is 0 Å². The lowest BCUT2D eigenvalue weighted by Crippen LogP contribution is -2.57. The van der Waals surface area contributed by atoms with E-state index < -0.39 is 18.1 Å². The van der Waals surface area contributed by atoms with E-state index in [-0.39, 0.29) is 19.3 Å². The number of hydrogen-bond acceptors (Lipinski definition) is 6. The normalized spacial score (nSPS) is 16.4. The van der Waals surface area contributed by atoms with Gasteiger partial charge in [-0.25, -0.2) is 9.59 Å². The number of nitrogens with one attached hydrogen (secondary N) is 1. The summed E-state index contributed by atoms with van der Waals surface area (Å²) in [4.78, 5) is 26.0. The molecule has 2 rings (SSSR count). The number of hydrogen-bond donors (Lipinski definition) is 1. The third-order valence-corrected chi connectivity index (χ3v) is 3.96. The number of esters is 1. The molecule has 0 aliphatic carbocycles. The lowest BCUT2D eigenvalue weighted by Gasteiger charge is -2.36. The highest BCUT2D eigenvalue weighted by atomic mass is 16.6. The number of methoxy groups -OCH3 is 2. The molecule has 1 aromatic rings. The van der Waals surface area contributed by atoms with Gasteiger partial charge in [0.25, 0.3) is 0 Å². The number of nitrogens with zero attached hydrogens (tertiary/aromatic N) is 1. The highest BCUT2D eigenvalue weighted by molar-refractivity contribution is 5.81. The van der Waals surface area contributed by atoms with Crippen molar-refractivity contribution in [2.75, 3.05) is 33.9 Å². The van der Waals surface area contributed by atoms with E-state index in [9.17, 15) is 9.59 Å². The average molecular weight is 366 g/mol. The first kappa shape index (κ1) is 21.9. The number of amides is 1. The van der Waals surface area contributed by atoms with Crippen LogP contribution in [0.4, 0.5) is 4.79 Å². The Morgan fingerprint density at radius 1 is 1.23 bits per heavy atom. The smallest absolute Gasteiger partial charge is 0.410 e. The van der Waals surface area contributed by atoms with Crippen molar-refractivity contribution in [3.63, 3.8) is 0 Å². The number of carbonyl (C=O) groups is 2. The van der Waals surface area contributed by atoms with Crippen molar-refractivity contribution in [2.24, 2.45) is 0 Å². The minimum atomic E-state index is -0.828. The predicted molar refractivity (Wildman–Crippen MR) is 98.8 cm³/mol. The van der Waals surface area contributed by atoms with Crippen molar-refractivity contribution < 1.29 is 23.8 Å².